The first-order chi connectivity index (χ1) is 17.9. The lowest BCUT2D eigenvalue weighted by Gasteiger charge is -2.30. The van der Waals surface area contributed by atoms with E-state index >= 15 is 0 Å². The van der Waals surface area contributed by atoms with E-state index in [2.05, 4.69) is 6.92 Å². The first-order valence-electron chi connectivity index (χ1n) is 12.3. The number of aromatic nitrogens is 1. The molecule has 0 aliphatic carbocycles. The second-order valence-electron chi connectivity index (χ2n) is 9.14. The number of rotatable bonds is 8. The maximum atomic E-state index is 13.7. The molecule has 1 aliphatic rings. The summed E-state index contributed by atoms with van der Waals surface area (Å²) >= 11 is 1.39. The number of benzene rings is 2. The van der Waals surface area contributed by atoms with Crippen LogP contribution in [0.4, 0.5) is 5.13 Å². The van der Waals surface area contributed by atoms with Crippen molar-refractivity contribution in [2.45, 2.75) is 38.1 Å². The van der Waals surface area contributed by atoms with Crippen LogP contribution < -0.4 is 9.64 Å². The lowest BCUT2D eigenvalue weighted by atomic mass is 10.0. The molecule has 37 heavy (non-hydrogen) atoms. The number of carbonyl (C=O) groups is 1. The van der Waals surface area contributed by atoms with Crippen LogP contribution in [0, 0.1) is 5.92 Å². The number of nitrogens with zero attached hydrogens (tertiary/aromatic N) is 3. The molecule has 1 amide bonds. The normalized spacial score (nSPS) is 16.6. The predicted molar refractivity (Wildman–Crippen MR) is 144 cm³/mol. The number of carbonyl (C=O) groups excluding carboxylic acids is 1. The second-order valence-corrected chi connectivity index (χ2v) is 12.1. The van der Waals surface area contributed by atoms with E-state index in [-0.39, 0.29) is 17.3 Å². The van der Waals surface area contributed by atoms with Gasteiger partial charge in [0.2, 0.25) is 10.0 Å². The number of amides is 1. The summed E-state index contributed by atoms with van der Waals surface area (Å²) in [5.41, 5.74) is 1.06. The summed E-state index contributed by atoms with van der Waals surface area (Å²) in [5.74, 6) is 1.30. The fourth-order valence-electron chi connectivity index (χ4n) is 4.52. The summed E-state index contributed by atoms with van der Waals surface area (Å²) < 4.78 is 40.0. The third-order valence-corrected chi connectivity index (χ3v) is 9.32. The number of sulfonamides is 1. The highest BCUT2D eigenvalue weighted by molar-refractivity contribution is 7.89. The van der Waals surface area contributed by atoms with Crippen molar-refractivity contribution in [2.75, 3.05) is 24.6 Å². The fourth-order valence-corrected chi connectivity index (χ4v) is 7.10. The number of hydrogen-bond acceptors (Lipinski definition) is 7. The summed E-state index contributed by atoms with van der Waals surface area (Å²) in [7, 11) is -3.61. The molecule has 8 nitrogen and oxygen atoms in total. The smallest absolute Gasteiger partial charge is 0.260 e. The maximum absolute atomic E-state index is 13.7. The van der Waals surface area contributed by atoms with Gasteiger partial charge < -0.3 is 9.15 Å². The van der Waals surface area contributed by atoms with Gasteiger partial charge >= 0.3 is 0 Å². The minimum Gasteiger partial charge on any atom is -0.492 e. The highest BCUT2D eigenvalue weighted by atomic mass is 32.2. The Balaban J connectivity index is 1.46. The van der Waals surface area contributed by atoms with Crippen LogP contribution in [0.5, 0.6) is 5.75 Å². The molecule has 1 atom stereocenters. The lowest BCUT2D eigenvalue weighted by Crippen LogP contribution is -2.39. The van der Waals surface area contributed by atoms with E-state index < -0.39 is 10.0 Å². The van der Waals surface area contributed by atoms with Crippen molar-refractivity contribution >= 4 is 42.6 Å². The number of para-hydroxylation sites is 1. The van der Waals surface area contributed by atoms with Gasteiger partial charge in [0.15, 0.2) is 5.13 Å². The number of fused-ring (bicyclic) bond motifs is 1. The molecule has 0 radical (unpaired) electrons. The number of ether oxygens (including phenoxy) is 1. The van der Waals surface area contributed by atoms with Crippen LogP contribution in [0.15, 0.2) is 70.2 Å². The van der Waals surface area contributed by atoms with Gasteiger partial charge in [0, 0.05) is 18.7 Å². The number of furan rings is 1. The third kappa shape index (κ3) is 5.27. The van der Waals surface area contributed by atoms with Crippen LogP contribution >= 0.6 is 11.3 Å². The zero-order chi connectivity index (χ0) is 26.0. The predicted octanol–water partition coefficient (Wildman–Crippen LogP) is 5.56. The molecular formula is C27H29N3O5S2. The molecule has 0 spiro atoms. The van der Waals surface area contributed by atoms with Crippen LogP contribution in [-0.2, 0) is 16.6 Å². The Labute approximate surface area is 220 Å². The molecule has 1 fully saturated rings. The number of piperidine rings is 1. The van der Waals surface area contributed by atoms with E-state index in [1.54, 1.807) is 35.4 Å². The number of thiazole rings is 1. The van der Waals surface area contributed by atoms with Crippen molar-refractivity contribution in [1.29, 1.82) is 0 Å². The van der Waals surface area contributed by atoms with Gasteiger partial charge in [-0.25, -0.2) is 13.4 Å². The molecular weight excluding hydrogens is 510 g/mol. The van der Waals surface area contributed by atoms with Gasteiger partial charge in [-0.2, -0.15) is 4.31 Å². The average Bonchev–Trinajstić information content (AvgIpc) is 3.57. The second kappa shape index (κ2) is 10.6. The van der Waals surface area contributed by atoms with Crippen molar-refractivity contribution in [1.82, 2.24) is 9.29 Å². The van der Waals surface area contributed by atoms with Crippen molar-refractivity contribution in [2.24, 2.45) is 5.92 Å². The molecule has 10 heteroatoms. The van der Waals surface area contributed by atoms with Crippen molar-refractivity contribution in [3.05, 3.63) is 72.2 Å². The third-order valence-electron chi connectivity index (χ3n) is 6.40. The fraction of sp³-hybridized carbons (Fsp3) is 0.333. The molecule has 2 aromatic carbocycles. The Morgan fingerprint density at radius 1 is 1.19 bits per heavy atom. The molecule has 5 rings (SSSR count). The minimum atomic E-state index is -3.61. The summed E-state index contributed by atoms with van der Waals surface area (Å²) in [4.78, 5) is 20.2. The highest BCUT2D eigenvalue weighted by Crippen LogP contribution is 2.35. The molecule has 3 heterocycles. The zero-order valence-corrected chi connectivity index (χ0v) is 22.4. The monoisotopic (exact) mass is 539 g/mol. The summed E-state index contributed by atoms with van der Waals surface area (Å²) in [6.07, 6.45) is 3.44. The molecule has 0 N–H and O–H groups in total. The molecule has 1 aliphatic heterocycles. The first kappa shape index (κ1) is 25.4. The van der Waals surface area contributed by atoms with E-state index in [1.165, 1.54) is 27.8 Å². The van der Waals surface area contributed by atoms with Gasteiger partial charge in [-0.1, -0.05) is 24.3 Å². The van der Waals surface area contributed by atoms with Crippen LogP contribution in [-0.4, -0.2) is 43.3 Å². The minimum absolute atomic E-state index is 0.182. The summed E-state index contributed by atoms with van der Waals surface area (Å²) in [6.45, 7) is 5.70. The molecule has 2 aromatic heterocycles. The molecule has 4 aromatic rings. The molecule has 1 unspecified atom stereocenters. The van der Waals surface area contributed by atoms with E-state index in [4.69, 9.17) is 14.1 Å². The first-order valence-corrected chi connectivity index (χ1v) is 14.6. The van der Waals surface area contributed by atoms with Gasteiger partial charge in [-0.15, -0.1) is 0 Å². The SMILES string of the molecule is CCOc1cccc2sc(N(Cc3ccco3)C(=O)c3ccc(S(=O)(=O)N4CCCC(C)C4)cc3)nc12. The molecule has 0 bridgehead atoms. The van der Waals surface area contributed by atoms with E-state index in [9.17, 15) is 13.2 Å². The summed E-state index contributed by atoms with van der Waals surface area (Å²) in [6, 6.07) is 15.4. The van der Waals surface area contributed by atoms with Crippen LogP contribution in [0.1, 0.15) is 42.8 Å². The Morgan fingerprint density at radius 3 is 2.70 bits per heavy atom. The Bertz CT molecular complexity index is 1480. The van der Waals surface area contributed by atoms with Gasteiger partial charge in [0.1, 0.15) is 17.0 Å². The van der Waals surface area contributed by atoms with E-state index in [0.717, 1.165) is 17.5 Å². The molecule has 1 saturated heterocycles. The van der Waals surface area contributed by atoms with E-state index in [1.807, 2.05) is 25.1 Å². The number of anilines is 1. The Hall–Kier alpha value is -3.21. The van der Waals surface area contributed by atoms with E-state index in [0.29, 0.717) is 53.3 Å². The van der Waals surface area contributed by atoms with Crippen LogP contribution in [0.3, 0.4) is 0 Å². The lowest BCUT2D eigenvalue weighted by molar-refractivity contribution is 0.0983. The van der Waals surface area contributed by atoms with Crippen LogP contribution in [0.2, 0.25) is 0 Å². The van der Waals surface area contributed by atoms with Crippen molar-refractivity contribution < 1.29 is 22.4 Å². The zero-order valence-electron chi connectivity index (χ0n) is 20.8. The van der Waals surface area contributed by atoms with Gasteiger partial charge in [-0.05, 0) is 74.2 Å². The van der Waals surface area contributed by atoms with Gasteiger partial charge in [0.25, 0.3) is 5.91 Å². The van der Waals surface area contributed by atoms with Gasteiger partial charge in [0.05, 0.1) is 29.0 Å². The molecule has 0 saturated carbocycles. The van der Waals surface area contributed by atoms with Crippen LogP contribution in [0.25, 0.3) is 10.2 Å². The quantitative estimate of drug-likeness (QED) is 0.291. The van der Waals surface area contributed by atoms with Crippen molar-refractivity contribution in [3.8, 4) is 5.75 Å². The Kier molecular flexibility index (Phi) is 7.32. The summed E-state index contributed by atoms with van der Waals surface area (Å²) in [5, 5.41) is 0.502. The largest absolute Gasteiger partial charge is 0.492 e. The van der Waals surface area contributed by atoms with Crippen molar-refractivity contribution in [3.63, 3.8) is 0 Å². The molecule has 194 valence electrons. The number of hydrogen-bond donors (Lipinski definition) is 0. The topological polar surface area (TPSA) is 92.9 Å². The van der Waals surface area contributed by atoms with Gasteiger partial charge in [-0.3, -0.25) is 9.69 Å². The highest BCUT2D eigenvalue weighted by Gasteiger charge is 2.29. The average molecular weight is 540 g/mol. The standard InChI is InChI=1S/C27H29N3O5S2/c1-3-34-23-9-4-10-24-25(23)28-27(36-24)30(18-21-8-6-16-35-21)26(31)20-11-13-22(14-12-20)37(32,33)29-15-5-7-19(2)17-29/h4,6,8-14,16,19H,3,5,7,15,17-18H2,1-2H3. The maximum Gasteiger partial charge on any atom is 0.260 e. The Morgan fingerprint density at radius 2 is 2.00 bits per heavy atom.